The first kappa shape index (κ1) is 14.5. The molecule has 0 spiro atoms. The van der Waals surface area contributed by atoms with Crippen molar-refractivity contribution in [2.45, 2.75) is 24.0 Å². The third-order valence-electron chi connectivity index (χ3n) is 2.87. The van der Waals surface area contributed by atoms with Crippen LogP contribution in [0.25, 0.3) is 0 Å². The van der Waals surface area contributed by atoms with Gasteiger partial charge in [0.15, 0.2) is 0 Å². The van der Waals surface area contributed by atoms with Gasteiger partial charge in [0.2, 0.25) is 5.91 Å². The van der Waals surface area contributed by atoms with Crippen molar-refractivity contribution in [2.75, 3.05) is 11.1 Å². The fraction of sp³-hybridized carbons (Fsp3) is 0.286. The van der Waals surface area contributed by atoms with Crippen molar-refractivity contribution < 1.29 is 4.79 Å². The van der Waals surface area contributed by atoms with Gasteiger partial charge >= 0.3 is 0 Å². The lowest BCUT2D eigenvalue weighted by Gasteiger charge is -2.13. The molecule has 0 fully saturated rings. The van der Waals surface area contributed by atoms with E-state index in [1.54, 1.807) is 16.9 Å². The Kier molecular flexibility index (Phi) is 4.34. The molecule has 1 atom stereocenters. The molecule has 0 saturated heterocycles. The Morgan fingerprint density at radius 1 is 1.50 bits per heavy atom. The highest BCUT2D eigenvalue weighted by atomic mass is 32.2. The van der Waals surface area contributed by atoms with E-state index in [1.807, 2.05) is 39.2 Å². The van der Waals surface area contributed by atoms with Gasteiger partial charge in [0.25, 0.3) is 0 Å². The highest BCUT2D eigenvalue weighted by Gasteiger charge is 2.16. The molecule has 0 bridgehead atoms. The van der Waals surface area contributed by atoms with E-state index in [4.69, 9.17) is 5.73 Å². The fourth-order valence-electron chi connectivity index (χ4n) is 1.78. The Bertz CT molecular complexity index is 623. The summed E-state index contributed by atoms with van der Waals surface area (Å²) in [4.78, 5) is 13.1. The van der Waals surface area contributed by atoms with E-state index in [0.29, 0.717) is 5.69 Å². The van der Waals surface area contributed by atoms with Crippen LogP contribution in [0.4, 0.5) is 11.4 Å². The summed E-state index contributed by atoms with van der Waals surface area (Å²) in [5, 5.41) is 6.81. The summed E-state index contributed by atoms with van der Waals surface area (Å²) in [6, 6.07) is 5.44. The zero-order valence-corrected chi connectivity index (χ0v) is 12.6. The number of nitrogens with two attached hydrogens (primary N) is 1. The van der Waals surface area contributed by atoms with Crippen LogP contribution in [0.3, 0.4) is 0 Å². The summed E-state index contributed by atoms with van der Waals surface area (Å²) >= 11 is 1.48. The Hall–Kier alpha value is -1.95. The van der Waals surface area contributed by atoms with Crippen LogP contribution in [0.15, 0.2) is 35.5 Å². The summed E-state index contributed by atoms with van der Waals surface area (Å²) in [5.41, 5.74) is 8.14. The number of amides is 1. The van der Waals surface area contributed by atoms with Gasteiger partial charge in [-0.15, -0.1) is 11.8 Å². The molecule has 0 radical (unpaired) electrons. The summed E-state index contributed by atoms with van der Waals surface area (Å²) in [6.45, 7) is 3.80. The van der Waals surface area contributed by atoms with Gasteiger partial charge in [-0.05, 0) is 37.6 Å². The van der Waals surface area contributed by atoms with Gasteiger partial charge in [0.05, 0.1) is 11.4 Å². The average Bonchev–Trinajstić information content (AvgIpc) is 2.78. The summed E-state index contributed by atoms with van der Waals surface area (Å²) in [6.07, 6.45) is 3.64. The number of hydrogen-bond donors (Lipinski definition) is 2. The second kappa shape index (κ2) is 6.00. The number of nitrogen functional groups attached to an aromatic ring is 1. The first-order valence-corrected chi connectivity index (χ1v) is 7.16. The maximum Gasteiger partial charge on any atom is 0.237 e. The summed E-state index contributed by atoms with van der Waals surface area (Å²) in [5.74, 6) is -0.0354. The van der Waals surface area contributed by atoms with Crippen LogP contribution in [-0.4, -0.2) is 20.9 Å². The van der Waals surface area contributed by atoms with Crippen LogP contribution in [0.2, 0.25) is 0 Å². The van der Waals surface area contributed by atoms with Crippen LogP contribution < -0.4 is 11.1 Å². The van der Waals surface area contributed by atoms with Crippen molar-refractivity contribution >= 4 is 29.0 Å². The van der Waals surface area contributed by atoms with Crippen LogP contribution in [-0.2, 0) is 11.8 Å². The highest BCUT2D eigenvalue weighted by molar-refractivity contribution is 8.00. The first-order chi connectivity index (χ1) is 9.45. The number of anilines is 2. The zero-order valence-electron chi connectivity index (χ0n) is 11.8. The third kappa shape index (κ3) is 3.54. The third-order valence-corrected chi connectivity index (χ3v) is 3.92. The Balaban J connectivity index is 2.00. The van der Waals surface area contributed by atoms with E-state index >= 15 is 0 Å². The van der Waals surface area contributed by atoms with Crippen LogP contribution >= 0.6 is 11.8 Å². The van der Waals surface area contributed by atoms with Gasteiger partial charge in [-0.2, -0.15) is 5.10 Å². The number of aryl methyl sites for hydroxylation is 2. The first-order valence-electron chi connectivity index (χ1n) is 6.28. The number of carbonyl (C=O) groups is 1. The van der Waals surface area contributed by atoms with E-state index in [-0.39, 0.29) is 11.2 Å². The van der Waals surface area contributed by atoms with Crippen molar-refractivity contribution in [1.82, 2.24) is 9.78 Å². The number of thioether (sulfide) groups is 1. The van der Waals surface area contributed by atoms with Crippen LogP contribution in [0.5, 0.6) is 0 Å². The number of benzene rings is 1. The number of aromatic nitrogens is 2. The molecule has 5 nitrogen and oxygen atoms in total. The number of carbonyl (C=O) groups excluding carboxylic acids is 1. The molecule has 1 amide bonds. The van der Waals surface area contributed by atoms with Crippen molar-refractivity contribution in [3.63, 3.8) is 0 Å². The molecular weight excluding hydrogens is 272 g/mol. The lowest BCUT2D eigenvalue weighted by atomic mass is 10.2. The summed E-state index contributed by atoms with van der Waals surface area (Å²) in [7, 11) is 1.85. The van der Waals surface area contributed by atoms with Gasteiger partial charge in [-0.3, -0.25) is 9.48 Å². The molecule has 1 unspecified atom stereocenters. The van der Waals surface area contributed by atoms with E-state index in [2.05, 4.69) is 10.4 Å². The molecule has 6 heteroatoms. The van der Waals surface area contributed by atoms with Gasteiger partial charge in [0, 0.05) is 29.5 Å². The molecule has 1 heterocycles. The van der Waals surface area contributed by atoms with Crippen molar-refractivity contribution in [2.24, 2.45) is 7.05 Å². The minimum absolute atomic E-state index is 0.0354. The Morgan fingerprint density at radius 2 is 2.25 bits per heavy atom. The number of nitrogens with zero attached hydrogens (tertiary/aromatic N) is 2. The topological polar surface area (TPSA) is 72.9 Å². The van der Waals surface area contributed by atoms with Gasteiger partial charge < -0.3 is 11.1 Å². The minimum Gasteiger partial charge on any atom is -0.399 e. The minimum atomic E-state index is -0.198. The molecule has 1 aromatic carbocycles. The lowest BCUT2D eigenvalue weighted by Crippen LogP contribution is -2.22. The SMILES string of the molecule is Cc1cc(N)ccc1NC(=O)C(C)Sc1cnn(C)c1. The van der Waals surface area contributed by atoms with Gasteiger partial charge in [0.1, 0.15) is 0 Å². The molecule has 0 aliphatic carbocycles. The maximum absolute atomic E-state index is 12.2. The molecule has 0 aliphatic rings. The predicted octanol–water partition coefficient (Wildman–Crippen LogP) is 2.43. The Labute approximate surface area is 122 Å². The molecule has 20 heavy (non-hydrogen) atoms. The largest absolute Gasteiger partial charge is 0.399 e. The lowest BCUT2D eigenvalue weighted by molar-refractivity contribution is -0.115. The monoisotopic (exact) mass is 290 g/mol. The smallest absolute Gasteiger partial charge is 0.237 e. The van der Waals surface area contributed by atoms with Crippen molar-refractivity contribution in [3.05, 3.63) is 36.2 Å². The van der Waals surface area contributed by atoms with Crippen molar-refractivity contribution in [3.8, 4) is 0 Å². The second-order valence-corrected chi connectivity index (χ2v) is 6.09. The molecule has 0 saturated carbocycles. The number of rotatable bonds is 4. The zero-order chi connectivity index (χ0) is 14.7. The molecule has 2 rings (SSSR count). The van der Waals surface area contributed by atoms with E-state index in [1.165, 1.54) is 11.8 Å². The molecule has 1 aromatic heterocycles. The molecule has 106 valence electrons. The van der Waals surface area contributed by atoms with E-state index in [0.717, 1.165) is 16.1 Å². The molecule has 3 N–H and O–H groups in total. The maximum atomic E-state index is 12.2. The van der Waals surface area contributed by atoms with Gasteiger partial charge in [-0.1, -0.05) is 0 Å². The molecule has 0 aliphatic heterocycles. The standard InChI is InChI=1S/C14H18N4OS/c1-9-6-11(15)4-5-13(9)17-14(19)10(2)20-12-7-16-18(3)8-12/h4-8,10H,15H2,1-3H3,(H,17,19). The molecule has 2 aromatic rings. The number of hydrogen-bond acceptors (Lipinski definition) is 4. The quantitative estimate of drug-likeness (QED) is 0.670. The van der Waals surface area contributed by atoms with Crippen LogP contribution in [0.1, 0.15) is 12.5 Å². The summed E-state index contributed by atoms with van der Waals surface area (Å²) < 4.78 is 1.72. The number of nitrogens with one attached hydrogen (secondary N) is 1. The molecular formula is C14H18N4OS. The predicted molar refractivity (Wildman–Crippen MR) is 82.7 cm³/mol. The fourth-order valence-corrected chi connectivity index (χ4v) is 2.67. The second-order valence-electron chi connectivity index (χ2n) is 4.67. The Morgan fingerprint density at radius 3 is 2.85 bits per heavy atom. The average molecular weight is 290 g/mol. The van der Waals surface area contributed by atoms with Gasteiger partial charge in [-0.25, -0.2) is 0 Å². The normalized spacial score (nSPS) is 12.2. The van der Waals surface area contributed by atoms with Crippen molar-refractivity contribution in [1.29, 1.82) is 0 Å². The van der Waals surface area contributed by atoms with Crippen LogP contribution in [0, 0.1) is 6.92 Å². The van der Waals surface area contributed by atoms with E-state index < -0.39 is 0 Å². The highest BCUT2D eigenvalue weighted by Crippen LogP contribution is 2.24. The van der Waals surface area contributed by atoms with E-state index in [9.17, 15) is 4.79 Å².